The third-order valence-corrected chi connectivity index (χ3v) is 6.21. The van der Waals surface area contributed by atoms with Gasteiger partial charge in [-0.1, -0.05) is 17.7 Å². The summed E-state index contributed by atoms with van der Waals surface area (Å²) in [4.78, 5) is 8.35. The minimum atomic E-state index is -1.59. The number of benzene rings is 1. The molecule has 5 atom stereocenters. The van der Waals surface area contributed by atoms with Gasteiger partial charge in [0.15, 0.2) is 12.0 Å². The van der Waals surface area contributed by atoms with Crippen molar-refractivity contribution < 1.29 is 23.7 Å². The summed E-state index contributed by atoms with van der Waals surface area (Å²) < 4.78 is 34.5. The van der Waals surface area contributed by atoms with Crippen LogP contribution in [0, 0.1) is 5.82 Å². The van der Waals surface area contributed by atoms with Gasteiger partial charge in [0.1, 0.15) is 47.5 Å². The van der Waals surface area contributed by atoms with E-state index in [9.17, 15) is 9.50 Å². The maximum atomic E-state index is 14.1. The zero-order valence-electron chi connectivity index (χ0n) is 17.1. The Kier molecular flexibility index (Phi) is 4.55. The fourth-order valence-corrected chi connectivity index (χ4v) is 4.54. The highest BCUT2D eigenvalue weighted by molar-refractivity contribution is 6.30. The number of anilines is 1. The summed E-state index contributed by atoms with van der Waals surface area (Å²) in [6.45, 7) is 5.15. The first-order chi connectivity index (χ1) is 14.6. The average Bonchev–Trinajstić information content (AvgIpc) is 3.35. The van der Waals surface area contributed by atoms with E-state index in [1.807, 2.05) is 0 Å². The maximum absolute atomic E-state index is 14.1. The normalized spacial score (nSPS) is 29.2. The topological polar surface area (TPSA) is 105 Å². The molecule has 164 valence electrons. The van der Waals surface area contributed by atoms with Crippen LogP contribution in [0.15, 0.2) is 36.8 Å². The van der Waals surface area contributed by atoms with Gasteiger partial charge in [0.2, 0.25) is 0 Å². The molecule has 2 aliphatic heterocycles. The molecule has 10 heteroatoms. The number of nitrogens with zero attached hydrogens (tertiary/aromatic N) is 3. The van der Waals surface area contributed by atoms with Crippen molar-refractivity contribution in [1.29, 1.82) is 0 Å². The number of halogens is 2. The van der Waals surface area contributed by atoms with Crippen molar-refractivity contribution in [1.82, 2.24) is 14.5 Å². The van der Waals surface area contributed by atoms with Crippen LogP contribution < -0.4 is 5.73 Å². The molecule has 3 N–H and O–H groups in total. The predicted octanol–water partition coefficient (Wildman–Crippen LogP) is 3.13. The van der Waals surface area contributed by atoms with Crippen molar-refractivity contribution in [3.8, 4) is 0 Å². The number of aromatic nitrogens is 3. The summed E-state index contributed by atoms with van der Waals surface area (Å²) in [5, 5.41) is 12.1. The minimum absolute atomic E-state index is 0.0275. The van der Waals surface area contributed by atoms with Gasteiger partial charge >= 0.3 is 0 Å². The zero-order chi connectivity index (χ0) is 22.1. The molecule has 0 saturated carbocycles. The van der Waals surface area contributed by atoms with Crippen LogP contribution in [0.4, 0.5) is 10.2 Å². The molecule has 0 aliphatic carbocycles. The molecule has 3 aromatic rings. The lowest BCUT2D eigenvalue weighted by Crippen LogP contribution is -2.45. The molecule has 0 amide bonds. The van der Waals surface area contributed by atoms with Crippen molar-refractivity contribution in [2.24, 2.45) is 0 Å². The van der Waals surface area contributed by atoms with Crippen LogP contribution in [-0.4, -0.2) is 43.7 Å². The SMILES string of the molecule is CC1(C)O[C@@H]2[C@H](O1)[C@@H]([C@@](C)(O)c1ccc(Cl)c(F)c1)O[C@H]2n1ccc2c(N)ncnc21. The monoisotopic (exact) mass is 448 g/mol. The summed E-state index contributed by atoms with van der Waals surface area (Å²) in [5.74, 6) is -1.17. The minimum Gasteiger partial charge on any atom is -0.383 e. The third kappa shape index (κ3) is 3.19. The van der Waals surface area contributed by atoms with Crippen molar-refractivity contribution >= 4 is 28.5 Å². The summed E-state index contributed by atoms with van der Waals surface area (Å²) in [6.07, 6.45) is 0.473. The quantitative estimate of drug-likeness (QED) is 0.634. The number of aliphatic hydroxyl groups is 1. The van der Waals surface area contributed by atoms with Gasteiger partial charge < -0.3 is 29.6 Å². The Hall–Kier alpha value is -2.30. The molecule has 4 heterocycles. The molecule has 8 nitrogen and oxygen atoms in total. The van der Waals surface area contributed by atoms with E-state index >= 15 is 0 Å². The van der Waals surface area contributed by atoms with Crippen LogP contribution in [0.1, 0.15) is 32.6 Å². The Morgan fingerprint density at radius 2 is 1.97 bits per heavy atom. The lowest BCUT2D eigenvalue weighted by atomic mass is 9.86. The fourth-order valence-electron chi connectivity index (χ4n) is 4.42. The van der Waals surface area contributed by atoms with Crippen LogP contribution in [0.5, 0.6) is 0 Å². The summed E-state index contributed by atoms with van der Waals surface area (Å²) in [7, 11) is 0. The molecule has 31 heavy (non-hydrogen) atoms. The summed E-state index contributed by atoms with van der Waals surface area (Å²) in [6, 6.07) is 5.97. The van der Waals surface area contributed by atoms with Crippen LogP contribution in [0.25, 0.3) is 11.0 Å². The Morgan fingerprint density at radius 1 is 1.23 bits per heavy atom. The number of ether oxygens (including phenoxy) is 3. The molecule has 2 aliphatic rings. The highest BCUT2D eigenvalue weighted by Crippen LogP contribution is 2.49. The van der Waals surface area contributed by atoms with E-state index in [-0.39, 0.29) is 5.02 Å². The predicted molar refractivity (Wildman–Crippen MR) is 111 cm³/mol. The second kappa shape index (κ2) is 6.85. The number of nitrogen functional groups attached to an aromatic ring is 1. The van der Waals surface area contributed by atoms with Gasteiger partial charge in [0, 0.05) is 6.20 Å². The first-order valence-corrected chi connectivity index (χ1v) is 10.2. The van der Waals surface area contributed by atoms with E-state index in [0.29, 0.717) is 22.4 Å². The van der Waals surface area contributed by atoms with E-state index in [1.165, 1.54) is 18.5 Å². The standard InChI is InChI=1S/C21H22ClFN4O4/c1-20(2)30-14-15(31-20)19(27-7-6-11-17(24)25-9-26-18(11)27)29-16(14)21(3,28)10-4-5-12(22)13(23)8-10/h4-9,14-16,19,28H,1-3H3,(H2,24,25,26)/t14-,15+,16-,19+,21-/m0/s1. The Balaban J connectivity index is 1.58. The molecule has 1 aromatic carbocycles. The van der Waals surface area contributed by atoms with Gasteiger partial charge in [-0.25, -0.2) is 14.4 Å². The number of hydrogen-bond donors (Lipinski definition) is 2. The number of fused-ring (bicyclic) bond motifs is 2. The van der Waals surface area contributed by atoms with Crippen LogP contribution in [0.2, 0.25) is 5.02 Å². The molecule has 2 aromatic heterocycles. The Labute approximate surface area is 182 Å². The Bertz CT molecular complexity index is 1170. The van der Waals surface area contributed by atoms with Crippen LogP contribution in [-0.2, 0) is 19.8 Å². The lowest BCUT2D eigenvalue weighted by molar-refractivity contribution is -0.221. The number of hydrogen-bond acceptors (Lipinski definition) is 7. The van der Waals surface area contributed by atoms with Crippen LogP contribution >= 0.6 is 11.6 Å². The second-order valence-electron chi connectivity index (χ2n) is 8.51. The van der Waals surface area contributed by atoms with Gasteiger partial charge in [-0.3, -0.25) is 0 Å². The van der Waals surface area contributed by atoms with Crippen molar-refractivity contribution in [3.63, 3.8) is 0 Å². The molecule has 2 saturated heterocycles. The average molecular weight is 449 g/mol. The Morgan fingerprint density at radius 3 is 2.71 bits per heavy atom. The molecule has 0 bridgehead atoms. The van der Waals surface area contributed by atoms with Gasteiger partial charge in [-0.15, -0.1) is 0 Å². The first-order valence-electron chi connectivity index (χ1n) is 9.84. The van der Waals surface area contributed by atoms with E-state index in [1.54, 1.807) is 43.7 Å². The highest BCUT2D eigenvalue weighted by atomic mass is 35.5. The summed E-state index contributed by atoms with van der Waals surface area (Å²) in [5.41, 5.74) is 5.26. The summed E-state index contributed by atoms with van der Waals surface area (Å²) >= 11 is 5.82. The van der Waals surface area contributed by atoms with Crippen molar-refractivity contribution in [2.45, 2.75) is 56.7 Å². The largest absolute Gasteiger partial charge is 0.383 e. The second-order valence-corrected chi connectivity index (χ2v) is 8.91. The van der Waals surface area contributed by atoms with Gasteiger partial charge in [-0.2, -0.15) is 0 Å². The van der Waals surface area contributed by atoms with Gasteiger partial charge in [-0.05, 0) is 44.5 Å². The number of rotatable bonds is 3. The van der Waals surface area contributed by atoms with E-state index in [0.717, 1.165) is 0 Å². The molecular formula is C21H22ClFN4O4. The lowest BCUT2D eigenvalue weighted by Gasteiger charge is -2.34. The molecule has 2 fully saturated rings. The molecule has 0 spiro atoms. The molecule has 5 rings (SSSR count). The highest BCUT2D eigenvalue weighted by Gasteiger charge is 2.60. The fraction of sp³-hybridized carbons (Fsp3) is 0.429. The van der Waals surface area contributed by atoms with Crippen LogP contribution in [0.3, 0.4) is 0 Å². The smallest absolute Gasteiger partial charge is 0.164 e. The molecule has 0 unspecified atom stereocenters. The first kappa shape index (κ1) is 20.6. The maximum Gasteiger partial charge on any atom is 0.164 e. The molecule has 0 radical (unpaired) electrons. The van der Waals surface area contributed by atoms with E-state index in [4.69, 9.17) is 31.5 Å². The number of nitrogens with two attached hydrogens (primary N) is 1. The zero-order valence-corrected chi connectivity index (χ0v) is 17.9. The van der Waals surface area contributed by atoms with Gasteiger partial charge in [0.05, 0.1) is 10.4 Å². The molecular weight excluding hydrogens is 427 g/mol. The third-order valence-electron chi connectivity index (χ3n) is 5.90. The van der Waals surface area contributed by atoms with Crippen molar-refractivity contribution in [3.05, 3.63) is 53.2 Å². The van der Waals surface area contributed by atoms with E-state index in [2.05, 4.69) is 9.97 Å². The van der Waals surface area contributed by atoms with Crippen molar-refractivity contribution in [2.75, 3.05) is 5.73 Å². The van der Waals surface area contributed by atoms with E-state index < -0.39 is 41.7 Å². The van der Waals surface area contributed by atoms with Gasteiger partial charge in [0.25, 0.3) is 0 Å².